The van der Waals surface area contributed by atoms with Gasteiger partial charge in [0.1, 0.15) is 0 Å². The lowest BCUT2D eigenvalue weighted by Gasteiger charge is -1.96. The molecule has 1 N–H and O–H groups in total. The largest absolute Gasteiger partial charge is 0.481 e. The van der Waals surface area contributed by atoms with Crippen molar-refractivity contribution in [3.8, 4) is 0 Å². The summed E-state index contributed by atoms with van der Waals surface area (Å²) in [6.45, 7) is 0. The highest BCUT2D eigenvalue weighted by molar-refractivity contribution is 7.15. The summed E-state index contributed by atoms with van der Waals surface area (Å²) in [4.78, 5) is 15.4. The van der Waals surface area contributed by atoms with Crippen molar-refractivity contribution in [2.75, 3.05) is 0 Å². The van der Waals surface area contributed by atoms with Crippen molar-refractivity contribution in [2.24, 2.45) is 0 Å². The SMILES string of the molecule is O=C(O)CCCc1csc2nccn12. The third kappa shape index (κ3) is 1.77. The highest BCUT2D eigenvalue weighted by Crippen LogP contribution is 2.16. The molecule has 0 atom stereocenters. The molecule has 2 rings (SSSR count). The molecule has 0 saturated heterocycles. The van der Waals surface area contributed by atoms with E-state index in [2.05, 4.69) is 4.98 Å². The summed E-state index contributed by atoms with van der Waals surface area (Å²) in [7, 11) is 0. The van der Waals surface area contributed by atoms with Crippen LogP contribution in [0.3, 0.4) is 0 Å². The number of nitrogens with zero attached hydrogens (tertiary/aromatic N) is 2. The van der Waals surface area contributed by atoms with Gasteiger partial charge in [0.05, 0.1) is 0 Å². The van der Waals surface area contributed by atoms with Crippen LogP contribution in [0.15, 0.2) is 17.8 Å². The number of carboxylic acid groups (broad SMARTS) is 1. The molecule has 0 spiro atoms. The third-order valence-corrected chi connectivity index (χ3v) is 2.94. The molecular weight excluding hydrogens is 200 g/mol. The van der Waals surface area contributed by atoms with Crippen molar-refractivity contribution in [3.05, 3.63) is 23.5 Å². The van der Waals surface area contributed by atoms with Gasteiger partial charge in [-0.25, -0.2) is 4.98 Å². The Morgan fingerprint density at radius 1 is 1.64 bits per heavy atom. The number of thiazole rings is 1. The number of hydrogen-bond donors (Lipinski definition) is 1. The normalized spacial score (nSPS) is 10.9. The lowest BCUT2D eigenvalue weighted by molar-refractivity contribution is -0.137. The molecule has 0 saturated carbocycles. The summed E-state index contributed by atoms with van der Waals surface area (Å²) >= 11 is 1.58. The summed E-state index contributed by atoms with van der Waals surface area (Å²) in [6, 6.07) is 0. The van der Waals surface area contributed by atoms with E-state index in [4.69, 9.17) is 5.11 Å². The van der Waals surface area contributed by atoms with Crippen LogP contribution in [-0.2, 0) is 11.2 Å². The topological polar surface area (TPSA) is 54.6 Å². The number of aromatic nitrogens is 2. The molecule has 0 amide bonds. The minimum absolute atomic E-state index is 0.228. The zero-order chi connectivity index (χ0) is 9.97. The highest BCUT2D eigenvalue weighted by Gasteiger charge is 2.04. The Labute approximate surface area is 84.8 Å². The van der Waals surface area contributed by atoms with Gasteiger partial charge in [0.2, 0.25) is 0 Å². The number of aliphatic carboxylic acids is 1. The first-order chi connectivity index (χ1) is 6.77. The Morgan fingerprint density at radius 2 is 2.50 bits per heavy atom. The number of rotatable bonds is 4. The quantitative estimate of drug-likeness (QED) is 0.837. The standard InChI is InChI=1S/C9H10N2O2S/c12-8(13)3-1-2-7-6-14-9-10-4-5-11(7)9/h4-6H,1-3H2,(H,12,13). The summed E-state index contributed by atoms with van der Waals surface area (Å²) in [5.74, 6) is -0.734. The van der Waals surface area contributed by atoms with Gasteiger partial charge in [-0.05, 0) is 12.8 Å². The van der Waals surface area contributed by atoms with Crippen molar-refractivity contribution in [1.29, 1.82) is 0 Å². The molecule has 0 aliphatic heterocycles. The molecule has 14 heavy (non-hydrogen) atoms. The summed E-state index contributed by atoms with van der Waals surface area (Å²) in [5, 5.41) is 10.5. The van der Waals surface area contributed by atoms with Gasteiger partial charge in [0.25, 0.3) is 0 Å². The minimum Gasteiger partial charge on any atom is -0.481 e. The predicted octanol–water partition coefficient (Wildman–Crippen LogP) is 1.80. The van der Waals surface area contributed by atoms with E-state index in [1.54, 1.807) is 17.5 Å². The first-order valence-corrected chi connectivity index (χ1v) is 5.26. The van der Waals surface area contributed by atoms with E-state index < -0.39 is 5.97 Å². The molecule has 74 valence electrons. The van der Waals surface area contributed by atoms with E-state index in [1.165, 1.54) is 0 Å². The van der Waals surface area contributed by atoms with Crippen LogP contribution in [0.2, 0.25) is 0 Å². The van der Waals surface area contributed by atoms with Gasteiger partial charge in [0, 0.05) is 29.9 Å². The summed E-state index contributed by atoms with van der Waals surface area (Å²) in [6.07, 6.45) is 5.36. The Bertz CT molecular complexity index is 446. The van der Waals surface area contributed by atoms with Crippen LogP contribution >= 0.6 is 11.3 Å². The van der Waals surface area contributed by atoms with Gasteiger partial charge in [0.15, 0.2) is 4.96 Å². The van der Waals surface area contributed by atoms with Crippen molar-refractivity contribution in [2.45, 2.75) is 19.3 Å². The number of hydrogen-bond acceptors (Lipinski definition) is 3. The van der Waals surface area contributed by atoms with Crippen LogP contribution in [-0.4, -0.2) is 20.5 Å². The molecular formula is C9H10N2O2S. The molecule has 0 aliphatic rings. The van der Waals surface area contributed by atoms with Crippen molar-refractivity contribution < 1.29 is 9.90 Å². The average Bonchev–Trinajstić information content (AvgIpc) is 2.67. The van der Waals surface area contributed by atoms with Crippen molar-refractivity contribution in [3.63, 3.8) is 0 Å². The molecule has 0 aliphatic carbocycles. The third-order valence-electron chi connectivity index (χ3n) is 2.04. The Kier molecular flexibility index (Phi) is 2.49. The van der Waals surface area contributed by atoms with E-state index in [1.807, 2.05) is 16.0 Å². The number of carboxylic acids is 1. The molecule has 2 aromatic heterocycles. The second-order valence-corrected chi connectivity index (χ2v) is 3.89. The van der Waals surface area contributed by atoms with E-state index >= 15 is 0 Å². The zero-order valence-electron chi connectivity index (χ0n) is 7.51. The molecule has 0 unspecified atom stereocenters. The van der Waals surface area contributed by atoms with Crippen LogP contribution < -0.4 is 0 Å². The molecule has 2 aromatic rings. The second-order valence-electron chi connectivity index (χ2n) is 3.05. The molecule has 0 fully saturated rings. The van der Waals surface area contributed by atoms with Gasteiger partial charge < -0.3 is 5.11 Å². The van der Waals surface area contributed by atoms with Crippen LogP contribution in [0.25, 0.3) is 4.96 Å². The van der Waals surface area contributed by atoms with Gasteiger partial charge in [-0.2, -0.15) is 0 Å². The maximum absolute atomic E-state index is 10.3. The lowest BCUT2D eigenvalue weighted by atomic mass is 10.2. The second kappa shape index (κ2) is 3.79. The Hall–Kier alpha value is -1.36. The summed E-state index contributed by atoms with van der Waals surface area (Å²) < 4.78 is 2.01. The van der Waals surface area contributed by atoms with E-state index in [-0.39, 0.29) is 6.42 Å². The van der Waals surface area contributed by atoms with E-state index in [9.17, 15) is 4.79 Å². The Balaban J connectivity index is 2.04. The molecule has 0 aromatic carbocycles. The number of fused-ring (bicyclic) bond motifs is 1. The van der Waals surface area contributed by atoms with Gasteiger partial charge in [-0.3, -0.25) is 9.20 Å². The number of carbonyl (C=O) groups is 1. The van der Waals surface area contributed by atoms with Gasteiger partial charge in [-0.15, -0.1) is 11.3 Å². The molecule has 2 heterocycles. The number of imidazole rings is 1. The van der Waals surface area contributed by atoms with Gasteiger partial charge in [-0.1, -0.05) is 0 Å². The first-order valence-electron chi connectivity index (χ1n) is 4.38. The minimum atomic E-state index is -0.734. The van der Waals surface area contributed by atoms with Crippen LogP contribution in [0.4, 0.5) is 0 Å². The van der Waals surface area contributed by atoms with Crippen LogP contribution in [0.1, 0.15) is 18.5 Å². The molecule has 0 radical (unpaired) electrons. The fraction of sp³-hybridized carbons (Fsp3) is 0.333. The van der Waals surface area contributed by atoms with Crippen molar-refractivity contribution in [1.82, 2.24) is 9.38 Å². The summed E-state index contributed by atoms with van der Waals surface area (Å²) in [5.41, 5.74) is 1.14. The van der Waals surface area contributed by atoms with Crippen LogP contribution in [0, 0.1) is 0 Å². The predicted molar refractivity (Wildman–Crippen MR) is 53.6 cm³/mol. The highest BCUT2D eigenvalue weighted by atomic mass is 32.1. The monoisotopic (exact) mass is 210 g/mol. The van der Waals surface area contributed by atoms with Gasteiger partial charge >= 0.3 is 5.97 Å². The smallest absolute Gasteiger partial charge is 0.303 e. The zero-order valence-corrected chi connectivity index (χ0v) is 8.33. The lowest BCUT2D eigenvalue weighted by Crippen LogP contribution is -1.97. The maximum atomic E-state index is 10.3. The fourth-order valence-corrected chi connectivity index (χ4v) is 2.26. The first kappa shape index (κ1) is 9.21. The Morgan fingerprint density at radius 3 is 3.29 bits per heavy atom. The fourth-order valence-electron chi connectivity index (χ4n) is 1.37. The molecule has 5 heteroatoms. The van der Waals surface area contributed by atoms with E-state index in [0.717, 1.165) is 17.1 Å². The molecule has 4 nitrogen and oxygen atoms in total. The molecule has 0 bridgehead atoms. The van der Waals surface area contributed by atoms with E-state index in [0.29, 0.717) is 6.42 Å². The van der Waals surface area contributed by atoms with Crippen molar-refractivity contribution >= 4 is 22.3 Å². The number of aryl methyl sites for hydroxylation is 1. The average molecular weight is 210 g/mol. The maximum Gasteiger partial charge on any atom is 0.303 e. The van der Waals surface area contributed by atoms with Crippen LogP contribution in [0.5, 0.6) is 0 Å².